The smallest absolute Gasteiger partial charge is 0.309 e. The lowest BCUT2D eigenvalue weighted by molar-refractivity contribution is -0.149. The quantitative estimate of drug-likeness (QED) is 0.760. The van der Waals surface area contributed by atoms with E-state index in [0.717, 1.165) is 5.56 Å². The second-order valence-corrected chi connectivity index (χ2v) is 7.58. The van der Waals surface area contributed by atoms with E-state index in [1.165, 1.54) is 9.71 Å². The van der Waals surface area contributed by atoms with Gasteiger partial charge in [0, 0.05) is 23.5 Å². The zero-order valence-corrected chi connectivity index (χ0v) is 14.5. The molecule has 0 unspecified atom stereocenters. The van der Waals surface area contributed by atoms with Crippen LogP contribution in [0.2, 0.25) is 5.02 Å². The fourth-order valence-electron chi connectivity index (χ4n) is 2.43. The molecule has 0 atom stereocenters. The first-order valence-corrected chi connectivity index (χ1v) is 9.41. The summed E-state index contributed by atoms with van der Waals surface area (Å²) in [6.45, 7) is 2.77. The third-order valence-electron chi connectivity index (χ3n) is 3.74. The van der Waals surface area contributed by atoms with Crippen molar-refractivity contribution in [3.63, 3.8) is 0 Å². The number of hydrogen-bond donors (Lipinski definition) is 0. The van der Waals surface area contributed by atoms with Gasteiger partial charge in [0.2, 0.25) is 10.0 Å². The van der Waals surface area contributed by atoms with E-state index < -0.39 is 10.0 Å². The third-order valence-corrected chi connectivity index (χ3v) is 5.55. The van der Waals surface area contributed by atoms with E-state index in [0.29, 0.717) is 37.6 Å². The van der Waals surface area contributed by atoms with Crippen LogP contribution in [-0.4, -0.2) is 38.4 Å². The molecule has 0 radical (unpaired) electrons. The summed E-state index contributed by atoms with van der Waals surface area (Å²) < 4.78 is 31.0. The van der Waals surface area contributed by atoms with Crippen LogP contribution in [0, 0.1) is 5.92 Å². The lowest BCUT2D eigenvalue weighted by Crippen LogP contribution is -2.39. The molecule has 1 fully saturated rings. The van der Waals surface area contributed by atoms with Gasteiger partial charge in [0.1, 0.15) is 0 Å². The van der Waals surface area contributed by atoms with Crippen LogP contribution in [0.4, 0.5) is 0 Å². The monoisotopic (exact) mass is 357 g/mol. The molecule has 1 aromatic rings. The molecule has 0 amide bonds. The summed E-state index contributed by atoms with van der Waals surface area (Å²) in [5.41, 5.74) is 0.763. The van der Waals surface area contributed by atoms with Gasteiger partial charge in [0.25, 0.3) is 0 Å². The van der Waals surface area contributed by atoms with E-state index in [4.69, 9.17) is 16.3 Å². The van der Waals surface area contributed by atoms with Gasteiger partial charge in [0.05, 0.1) is 12.5 Å². The number of rotatable bonds is 5. The maximum atomic E-state index is 12.3. The lowest BCUT2D eigenvalue weighted by atomic mass is 9.98. The Balaban J connectivity index is 1.96. The number of piperidine rings is 1. The summed E-state index contributed by atoms with van der Waals surface area (Å²) in [4.78, 5) is 11.7. The molecule has 0 bridgehead atoms. The second-order valence-electron chi connectivity index (χ2n) is 5.32. The van der Waals surface area contributed by atoms with Gasteiger partial charge in [-0.3, -0.25) is 4.79 Å². The first kappa shape index (κ1) is 18.0. The van der Waals surface area contributed by atoms with Gasteiger partial charge in [-0.05, 0) is 43.5 Å². The normalized spacial score (nSPS) is 17.5. The molecule has 0 N–H and O–H groups in total. The zero-order chi connectivity index (χ0) is 16.9. The van der Waals surface area contributed by atoms with Crippen LogP contribution in [0.5, 0.6) is 0 Å². The molecule has 1 aliphatic heterocycles. The molecule has 5 nitrogen and oxygen atoms in total. The first-order chi connectivity index (χ1) is 10.9. The number of halogens is 1. The summed E-state index contributed by atoms with van der Waals surface area (Å²) in [6.07, 6.45) is 2.53. The number of sulfonamides is 1. The maximum Gasteiger partial charge on any atom is 0.309 e. The average molecular weight is 358 g/mol. The molecule has 1 aliphatic rings. The van der Waals surface area contributed by atoms with Crippen LogP contribution in [0.25, 0.3) is 6.08 Å². The van der Waals surface area contributed by atoms with Gasteiger partial charge in [-0.15, -0.1) is 0 Å². The average Bonchev–Trinajstić information content (AvgIpc) is 2.55. The van der Waals surface area contributed by atoms with E-state index in [9.17, 15) is 13.2 Å². The van der Waals surface area contributed by atoms with Gasteiger partial charge in [-0.2, -0.15) is 4.31 Å². The molecule has 1 heterocycles. The maximum absolute atomic E-state index is 12.3. The van der Waals surface area contributed by atoms with Crippen molar-refractivity contribution >= 4 is 33.7 Å². The minimum Gasteiger partial charge on any atom is -0.466 e. The van der Waals surface area contributed by atoms with Crippen molar-refractivity contribution < 1.29 is 17.9 Å². The Morgan fingerprint density at radius 1 is 1.30 bits per heavy atom. The Morgan fingerprint density at radius 2 is 1.91 bits per heavy atom. The van der Waals surface area contributed by atoms with Crippen molar-refractivity contribution in [2.75, 3.05) is 19.7 Å². The molecular formula is C16H20ClNO4S. The SMILES string of the molecule is CCOC(=O)C1CCN(S(=O)(=O)/C=C/c2ccc(Cl)cc2)CC1. The number of benzene rings is 1. The number of hydrogen-bond acceptors (Lipinski definition) is 4. The minimum absolute atomic E-state index is 0.207. The topological polar surface area (TPSA) is 63.7 Å². The highest BCUT2D eigenvalue weighted by atomic mass is 35.5. The Morgan fingerprint density at radius 3 is 2.48 bits per heavy atom. The predicted molar refractivity (Wildman–Crippen MR) is 90.3 cm³/mol. The fraction of sp³-hybridized carbons (Fsp3) is 0.438. The van der Waals surface area contributed by atoms with Crippen molar-refractivity contribution in [2.45, 2.75) is 19.8 Å². The number of carbonyl (C=O) groups is 1. The van der Waals surface area contributed by atoms with E-state index >= 15 is 0 Å². The van der Waals surface area contributed by atoms with Gasteiger partial charge in [-0.25, -0.2) is 8.42 Å². The van der Waals surface area contributed by atoms with Crippen molar-refractivity contribution in [1.29, 1.82) is 0 Å². The highest BCUT2D eigenvalue weighted by molar-refractivity contribution is 7.92. The van der Waals surface area contributed by atoms with Crippen LogP contribution in [0.1, 0.15) is 25.3 Å². The summed E-state index contributed by atoms with van der Waals surface area (Å²) in [5.74, 6) is -0.442. The Kier molecular flexibility index (Phi) is 6.21. The lowest BCUT2D eigenvalue weighted by Gasteiger charge is -2.29. The van der Waals surface area contributed by atoms with Crippen LogP contribution >= 0.6 is 11.6 Å². The number of carbonyl (C=O) groups excluding carboxylic acids is 1. The van der Waals surface area contributed by atoms with E-state index in [-0.39, 0.29) is 11.9 Å². The van der Waals surface area contributed by atoms with E-state index in [1.807, 2.05) is 0 Å². The van der Waals surface area contributed by atoms with Crippen LogP contribution in [0.3, 0.4) is 0 Å². The molecule has 0 spiro atoms. The van der Waals surface area contributed by atoms with Crippen LogP contribution in [-0.2, 0) is 19.6 Å². The molecule has 23 heavy (non-hydrogen) atoms. The first-order valence-electron chi connectivity index (χ1n) is 7.53. The third kappa shape index (κ3) is 5.06. The molecule has 126 valence electrons. The largest absolute Gasteiger partial charge is 0.466 e. The molecule has 1 aromatic carbocycles. The Hall–Kier alpha value is -1.37. The highest BCUT2D eigenvalue weighted by Gasteiger charge is 2.30. The van der Waals surface area contributed by atoms with Crippen molar-refractivity contribution in [1.82, 2.24) is 4.31 Å². The number of ether oxygens (including phenoxy) is 1. The standard InChI is InChI=1S/C16H20ClNO4S/c1-2-22-16(19)14-7-10-18(11-8-14)23(20,21)12-9-13-3-5-15(17)6-4-13/h3-6,9,12,14H,2,7-8,10-11H2,1H3/b12-9+. The summed E-state index contributed by atoms with van der Waals surface area (Å²) in [7, 11) is -3.49. The van der Waals surface area contributed by atoms with Gasteiger partial charge >= 0.3 is 5.97 Å². The highest BCUT2D eigenvalue weighted by Crippen LogP contribution is 2.22. The summed E-state index contributed by atoms with van der Waals surface area (Å²) in [6, 6.07) is 6.92. The van der Waals surface area contributed by atoms with Crippen LogP contribution in [0.15, 0.2) is 29.7 Å². The summed E-state index contributed by atoms with van der Waals surface area (Å²) >= 11 is 5.80. The molecule has 0 aromatic heterocycles. The molecular weight excluding hydrogens is 338 g/mol. The van der Waals surface area contributed by atoms with Crippen LogP contribution < -0.4 is 0 Å². The van der Waals surface area contributed by atoms with E-state index in [1.54, 1.807) is 37.3 Å². The van der Waals surface area contributed by atoms with Crippen molar-refractivity contribution in [3.8, 4) is 0 Å². The molecule has 0 saturated carbocycles. The Labute approximate surface area is 141 Å². The predicted octanol–water partition coefficient (Wildman–Crippen LogP) is 2.92. The summed E-state index contributed by atoms with van der Waals surface area (Å²) in [5, 5.41) is 1.80. The zero-order valence-electron chi connectivity index (χ0n) is 12.9. The van der Waals surface area contributed by atoms with Gasteiger partial charge in [-0.1, -0.05) is 23.7 Å². The fourth-order valence-corrected chi connectivity index (χ4v) is 3.78. The minimum atomic E-state index is -3.49. The molecule has 2 rings (SSSR count). The Bertz CT molecular complexity index is 662. The van der Waals surface area contributed by atoms with Crippen molar-refractivity contribution in [3.05, 3.63) is 40.3 Å². The molecule has 0 aliphatic carbocycles. The van der Waals surface area contributed by atoms with Crippen molar-refractivity contribution in [2.24, 2.45) is 5.92 Å². The second kappa shape index (κ2) is 7.95. The molecule has 1 saturated heterocycles. The van der Waals surface area contributed by atoms with Gasteiger partial charge in [0.15, 0.2) is 0 Å². The molecule has 7 heteroatoms. The number of esters is 1. The van der Waals surface area contributed by atoms with Gasteiger partial charge < -0.3 is 4.74 Å². The van der Waals surface area contributed by atoms with E-state index in [2.05, 4.69) is 0 Å². The number of nitrogens with zero attached hydrogens (tertiary/aromatic N) is 1.